The topological polar surface area (TPSA) is 64.3 Å². The van der Waals surface area contributed by atoms with Crippen molar-refractivity contribution in [1.82, 2.24) is 5.32 Å². The second kappa shape index (κ2) is 6.02. The maximum Gasteiger partial charge on any atom is 0.237 e. The molecule has 0 heterocycles. The number of nitrogens with two attached hydrogens (primary N) is 1. The molecule has 2 fully saturated rings. The first kappa shape index (κ1) is 13.8. The molecular formula is C14H26N2O2. The largest absolute Gasteiger partial charge is 0.381 e. The molecule has 1 amide bonds. The Morgan fingerprint density at radius 2 is 1.94 bits per heavy atom. The van der Waals surface area contributed by atoms with Crippen molar-refractivity contribution in [2.45, 2.75) is 75.5 Å². The first-order valence-corrected chi connectivity index (χ1v) is 7.27. The predicted octanol–water partition coefficient (Wildman–Crippen LogP) is 1.72. The van der Waals surface area contributed by atoms with Crippen molar-refractivity contribution < 1.29 is 9.53 Å². The molecule has 0 aromatic heterocycles. The van der Waals surface area contributed by atoms with Gasteiger partial charge in [-0.3, -0.25) is 4.79 Å². The second-order valence-corrected chi connectivity index (χ2v) is 5.88. The van der Waals surface area contributed by atoms with Crippen molar-refractivity contribution in [1.29, 1.82) is 0 Å². The molecule has 0 saturated heterocycles. The van der Waals surface area contributed by atoms with Crippen molar-refractivity contribution >= 4 is 5.91 Å². The molecule has 0 aromatic carbocycles. The Hall–Kier alpha value is -0.610. The van der Waals surface area contributed by atoms with Crippen LogP contribution in [-0.2, 0) is 9.53 Å². The van der Waals surface area contributed by atoms with Gasteiger partial charge in [-0.15, -0.1) is 0 Å². The van der Waals surface area contributed by atoms with Gasteiger partial charge < -0.3 is 15.8 Å². The maximum absolute atomic E-state index is 11.9. The van der Waals surface area contributed by atoms with E-state index in [4.69, 9.17) is 10.5 Å². The number of methoxy groups -OCH3 is 1. The Bertz CT molecular complexity index is 290. The standard InChI is InChI=1S/C14H26N2O2/c1-18-12-8-5-9-14(10-12,13(15)17)16-11-6-3-2-4-7-11/h11-12,16H,2-10H2,1H3,(H2,15,17). The average molecular weight is 254 g/mol. The van der Waals surface area contributed by atoms with Gasteiger partial charge in [0.1, 0.15) is 5.54 Å². The summed E-state index contributed by atoms with van der Waals surface area (Å²) in [6.45, 7) is 0. The van der Waals surface area contributed by atoms with E-state index in [0.29, 0.717) is 6.04 Å². The average Bonchev–Trinajstić information content (AvgIpc) is 2.40. The van der Waals surface area contributed by atoms with Gasteiger partial charge in [0.2, 0.25) is 5.91 Å². The highest BCUT2D eigenvalue weighted by atomic mass is 16.5. The van der Waals surface area contributed by atoms with E-state index in [-0.39, 0.29) is 12.0 Å². The van der Waals surface area contributed by atoms with Crippen LogP contribution in [0.2, 0.25) is 0 Å². The summed E-state index contributed by atoms with van der Waals surface area (Å²) in [5, 5.41) is 3.58. The molecule has 4 heteroatoms. The lowest BCUT2D eigenvalue weighted by atomic mass is 9.78. The Kier molecular flexibility index (Phi) is 4.62. The molecular weight excluding hydrogens is 228 g/mol. The zero-order valence-electron chi connectivity index (χ0n) is 11.4. The van der Waals surface area contributed by atoms with Gasteiger partial charge in [0.25, 0.3) is 0 Å². The van der Waals surface area contributed by atoms with Crippen LogP contribution < -0.4 is 11.1 Å². The summed E-state index contributed by atoms with van der Waals surface area (Å²) in [5.74, 6) is -0.199. The van der Waals surface area contributed by atoms with Crippen LogP contribution in [-0.4, -0.2) is 30.7 Å². The summed E-state index contributed by atoms with van der Waals surface area (Å²) in [6, 6.07) is 0.460. The number of primary amides is 1. The molecule has 3 N–H and O–H groups in total. The summed E-state index contributed by atoms with van der Waals surface area (Å²) >= 11 is 0. The van der Waals surface area contributed by atoms with E-state index in [9.17, 15) is 4.79 Å². The Labute approximate surface area is 110 Å². The van der Waals surface area contributed by atoms with Crippen LogP contribution >= 0.6 is 0 Å². The van der Waals surface area contributed by atoms with E-state index in [1.54, 1.807) is 7.11 Å². The minimum absolute atomic E-state index is 0.169. The maximum atomic E-state index is 11.9. The fourth-order valence-electron chi connectivity index (χ4n) is 3.49. The molecule has 0 aromatic rings. The lowest BCUT2D eigenvalue weighted by molar-refractivity contribution is -0.128. The molecule has 2 saturated carbocycles. The Balaban J connectivity index is 2.03. The summed E-state index contributed by atoms with van der Waals surface area (Å²) in [7, 11) is 1.72. The minimum Gasteiger partial charge on any atom is -0.381 e. The second-order valence-electron chi connectivity index (χ2n) is 5.88. The summed E-state index contributed by atoms with van der Waals surface area (Å²) in [5.41, 5.74) is 5.15. The normalized spacial score (nSPS) is 34.4. The van der Waals surface area contributed by atoms with Crippen molar-refractivity contribution in [2.24, 2.45) is 5.73 Å². The molecule has 2 aliphatic rings. The van der Waals surface area contributed by atoms with Crippen molar-refractivity contribution in [3.63, 3.8) is 0 Å². The van der Waals surface area contributed by atoms with Gasteiger partial charge in [-0.25, -0.2) is 0 Å². The number of amides is 1. The highest BCUT2D eigenvalue weighted by molar-refractivity contribution is 5.85. The van der Waals surface area contributed by atoms with Gasteiger partial charge in [0.15, 0.2) is 0 Å². The first-order chi connectivity index (χ1) is 8.66. The molecule has 0 spiro atoms. The third kappa shape index (κ3) is 3.04. The van der Waals surface area contributed by atoms with Crippen LogP contribution in [0.15, 0.2) is 0 Å². The molecule has 18 heavy (non-hydrogen) atoms. The van der Waals surface area contributed by atoms with Crippen LogP contribution in [0.25, 0.3) is 0 Å². The molecule has 2 atom stereocenters. The zero-order valence-corrected chi connectivity index (χ0v) is 11.4. The van der Waals surface area contributed by atoms with Crippen LogP contribution in [0.4, 0.5) is 0 Å². The third-order valence-corrected chi connectivity index (χ3v) is 4.60. The molecule has 104 valence electrons. The van der Waals surface area contributed by atoms with E-state index < -0.39 is 5.54 Å². The highest BCUT2D eigenvalue weighted by Gasteiger charge is 2.42. The Morgan fingerprint density at radius 1 is 1.22 bits per heavy atom. The van der Waals surface area contributed by atoms with E-state index in [1.807, 2.05) is 0 Å². The van der Waals surface area contributed by atoms with Gasteiger partial charge in [0.05, 0.1) is 6.10 Å². The molecule has 0 aliphatic heterocycles. The number of carbonyl (C=O) groups excluding carboxylic acids is 1. The minimum atomic E-state index is -0.527. The van der Waals surface area contributed by atoms with E-state index >= 15 is 0 Å². The van der Waals surface area contributed by atoms with Gasteiger partial charge in [-0.2, -0.15) is 0 Å². The van der Waals surface area contributed by atoms with Crippen LogP contribution in [0.1, 0.15) is 57.8 Å². The number of ether oxygens (including phenoxy) is 1. The van der Waals surface area contributed by atoms with Crippen molar-refractivity contribution in [3.8, 4) is 0 Å². The monoisotopic (exact) mass is 254 g/mol. The molecule has 2 aliphatic carbocycles. The first-order valence-electron chi connectivity index (χ1n) is 7.27. The van der Waals surface area contributed by atoms with Crippen LogP contribution in [0, 0.1) is 0 Å². The van der Waals surface area contributed by atoms with E-state index in [2.05, 4.69) is 5.32 Å². The van der Waals surface area contributed by atoms with Crippen molar-refractivity contribution in [3.05, 3.63) is 0 Å². The lowest BCUT2D eigenvalue weighted by Gasteiger charge is -2.42. The number of hydrogen-bond donors (Lipinski definition) is 2. The number of nitrogens with one attached hydrogen (secondary N) is 1. The number of carbonyl (C=O) groups is 1. The van der Waals surface area contributed by atoms with Crippen LogP contribution in [0.3, 0.4) is 0 Å². The van der Waals surface area contributed by atoms with Gasteiger partial charge in [-0.1, -0.05) is 19.3 Å². The number of hydrogen-bond acceptors (Lipinski definition) is 3. The number of rotatable bonds is 4. The summed E-state index contributed by atoms with van der Waals surface area (Å²) in [4.78, 5) is 11.9. The molecule has 2 rings (SSSR count). The molecule has 0 radical (unpaired) electrons. The van der Waals surface area contributed by atoms with Gasteiger partial charge in [-0.05, 0) is 32.1 Å². The quantitative estimate of drug-likeness (QED) is 0.803. The lowest BCUT2D eigenvalue weighted by Crippen LogP contribution is -2.61. The Morgan fingerprint density at radius 3 is 2.56 bits per heavy atom. The third-order valence-electron chi connectivity index (χ3n) is 4.60. The van der Waals surface area contributed by atoms with E-state index in [0.717, 1.165) is 25.7 Å². The van der Waals surface area contributed by atoms with Crippen LogP contribution in [0.5, 0.6) is 0 Å². The molecule has 0 bridgehead atoms. The summed E-state index contributed by atoms with van der Waals surface area (Å²) < 4.78 is 5.44. The highest BCUT2D eigenvalue weighted by Crippen LogP contribution is 2.32. The zero-order chi connectivity index (χ0) is 13.0. The van der Waals surface area contributed by atoms with Gasteiger partial charge >= 0.3 is 0 Å². The van der Waals surface area contributed by atoms with E-state index in [1.165, 1.54) is 32.1 Å². The predicted molar refractivity (Wildman–Crippen MR) is 71.2 cm³/mol. The molecule has 4 nitrogen and oxygen atoms in total. The van der Waals surface area contributed by atoms with Crippen molar-refractivity contribution in [2.75, 3.05) is 7.11 Å². The SMILES string of the molecule is COC1CCCC(NC2CCCCC2)(C(N)=O)C1. The summed E-state index contributed by atoms with van der Waals surface area (Å²) in [6.07, 6.45) is 10.0. The fourth-order valence-corrected chi connectivity index (χ4v) is 3.49. The molecule has 2 unspecified atom stereocenters. The smallest absolute Gasteiger partial charge is 0.237 e. The van der Waals surface area contributed by atoms with Gasteiger partial charge in [0, 0.05) is 19.6 Å². The fraction of sp³-hybridized carbons (Fsp3) is 0.929.